The second-order valence-electron chi connectivity index (χ2n) is 3.64. The molecule has 2 nitrogen and oxygen atoms in total. The first-order valence-electron chi connectivity index (χ1n) is 5.26. The third kappa shape index (κ3) is 3.29. The molecule has 0 unspecified atom stereocenters. The summed E-state index contributed by atoms with van der Waals surface area (Å²) in [4.78, 5) is 3.92. The molecule has 1 aromatic carbocycles. The number of nitrogens with zero attached hydrogens (tertiary/aromatic N) is 1. The van der Waals surface area contributed by atoms with Crippen LogP contribution in [0.25, 0.3) is 0 Å². The van der Waals surface area contributed by atoms with Crippen molar-refractivity contribution in [3.63, 3.8) is 0 Å². The molecule has 0 atom stereocenters. The van der Waals surface area contributed by atoms with Crippen molar-refractivity contribution in [2.75, 3.05) is 0 Å². The van der Waals surface area contributed by atoms with Gasteiger partial charge >= 0.3 is 0 Å². The van der Waals surface area contributed by atoms with E-state index in [0.29, 0.717) is 28.3 Å². The fraction of sp³-hybridized carbons (Fsp3) is 0.154. The number of alkyl halides is 1. The summed E-state index contributed by atoms with van der Waals surface area (Å²) in [5.41, 5.74) is 1.73. The molecular formula is C13H10Cl3NO. The smallest absolute Gasteiger partial charge is 0.124 e. The van der Waals surface area contributed by atoms with Gasteiger partial charge in [0.15, 0.2) is 0 Å². The minimum Gasteiger partial charge on any atom is -0.489 e. The molecule has 0 saturated carbocycles. The maximum Gasteiger partial charge on any atom is 0.124 e. The Kier molecular flexibility index (Phi) is 4.70. The number of rotatable bonds is 4. The van der Waals surface area contributed by atoms with E-state index in [1.807, 2.05) is 6.07 Å². The van der Waals surface area contributed by atoms with E-state index >= 15 is 0 Å². The summed E-state index contributed by atoms with van der Waals surface area (Å²) in [6.07, 6.45) is 3.26. The number of ether oxygens (including phenoxy) is 1. The van der Waals surface area contributed by atoms with Gasteiger partial charge in [0.2, 0.25) is 0 Å². The highest BCUT2D eigenvalue weighted by atomic mass is 35.5. The molecule has 1 aromatic heterocycles. The van der Waals surface area contributed by atoms with Crippen LogP contribution in [-0.2, 0) is 12.5 Å². The first-order chi connectivity index (χ1) is 8.70. The summed E-state index contributed by atoms with van der Waals surface area (Å²) in [6, 6.07) is 7.17. The van der Waals surface area contributed by atoms with Crippen LogP contribution in [0.2, 0.25) is 10.0 Å². The number of hydrogen-bond donors (Lipinski definition) is 0. The quantitative estimate of drug-likeness (QED) is 0.763. The molecule has 0 radical (unpaired) electrons. The Morgan fingerprint density at radius 2 is 1.94 bits per heavy atom. The van der Waals surface area contributed by atoms with Gasteiger partial charge in [-0.25, -0.2) is 0 Å². The van der Waals surface area contributed by atoms with E-state index in [0.717, 1.165) is 11.1 Å². The molecule has 2 rings (SSSR count). The monoisotopic (exact) mass is 301 g/mol. The lowest BCUT2D eigenvalue weighted by Gasteiger charge is -2.11. The maximum absolute atomic E-state index is 6.00. The first kappa shape index (κ1) is 13.5. The highest BCUT2D eigenvalue weighted by molar-refractivity contribution is 6.31. The average molecular weight is 303 g/mol. The van der Waals surface area contributed by atoms with Crippen LogP contribution in [0.5, 0.6) is 5.75 Å². The van der Waals surface area contributed by atoms with Crippen molar-refractivity contribution in [1.29, 1.82) is 0 Å². The second-order valence-corrected chi connectivity index (χ2v) is 4.75. The van der Waals surface area contributed by atoms with Crippen LogP contribution in [0.1, 0.15) is 11.1 Å². The van der Waals surface area contributed by atoms with Gasteiger partial charge in [-0.3, -0.25) is 4.98 Å². The standard InChI is InChI=1S/C13H10Cl3NO/c14-6-10-5-11(15)1-2-13(10)18-8-9-3-4-17-7-12(9)16/h1-5,7H,6,8H2. The normalized spacial score (nSPS) is 10.4. The van der Waals surface area contributed by atoms with Crippen LogP contribution in [0.15, 0.2) is 36.7 Å². The van der Waals surface area contributed by atoms with Gasteiger partial charge in [0.05, 0.1) is 10.9 Å². The molecule has 2 aromatic rings. The molecule has 94 valence electrons. The third-order valence-electron chi connectivity index (χ3n) is 2.41. The van der Waals surface area contributed by atoms with Gasteiger partial charge in [0.25, 0.3) is 0 Å². The van der Waals surface area contributed by atoms with Gasteiger partial charge in [-0.15, -0.1) is 11.6 Å². The fourth-order valence-electron chi connectivity index (χ4n) is 1.47. The minimum absolute atomic E-state index is 0.347. The largest absolute Gasteiger partial charge is 0.489 e. The van der Waals surface area contributed by atoms with Crippen LogP contribution >= 0.6 is 34.8 Å². The summed E-state index contributed by atoms with van der Waals surface area (Å²) in [7, 11) is 0. The molecule has 5 heteroatoms. The van der Waals surface area contributed by atoms with E-state index in [4.69, 9.17) is 39.5 Å². The molecule has 0 aliphatic carbocycles. The van der Waals surface area contributed by atoms with Gasteiger partial charge in [-0.2, -0.15) is 0 Å². The zero-order valence-electron chi connectivity index (χ0n) is 9.37. The molecule has 0 saturated heterocycles. The zero-order chi connectivity index (χ0) is 13.0. The second kappa shape index (κ2) is 6.28. The van der Waals surface area contributed by atoms with Crippen LogP contribution in [0.4, 0.5) is 0 Å². The first-order valence-corrected chi connectivity index (χ1v) is 6.55. The highest BCUT2D eigenvalue weighted by Crippen LogP contribution is 2.26. The van der Waals surface area contributed by atoms with Crippen molar-refractivity contribution in [1.82, 2.24) is 4.98 Å². The Balaban J connectivity index is 2.13. The number of pyridine rings is 1. The summed E-state index contributed by atoms with van der Waals surface area (Å²) < 4.78 is 5.69. The molecule has 1 heterocycles. The van der Waals surface area contributed by atoms with E-state index in [-0.39, 0.29) is 0 Å². The lowest BCUT2D eigenvalue weighted by atomic mass is 10.2. The Bertz CT molecular complexity index is 546. The molecule has 18 heavy (non-hydrogen) atoms. The Morgan fingerprint density at radius 1 is 1.11 bits per heavy atom. The fourth-order valence-corrected chi connectivity index (χ4v) is 2.05. The summed E-state index contributed by atoms with van der Waals surface area (Å²) in [6.45, 7) is 0.368. The van der Waals surface area contributed by atoms with Crippen LogP contribution in [0, 0.1) is 0 Å². The van der Waals surface area contributed by atoms with Crippen molar-refractivity contribution in [2.45, 2.75) is 12.5 Å². The predicted molar refractivity (Wildman–Crippen MR) is 74.6 cm³/mol. The van der Waals surface area contributed by atoms with Crippen molar-refractivity contribution in [3.8, 4) is 5.75 Å². The Morgan fingerprint density at radius 3 is 2.67 bits per heavy atom. The van der Waals surface area contributed by atoms with E-state index in [9.17, 15) is 0 Å². The van der Waals surface area contributed by atoms with Gasteiger partial charge in [0.1, 0.15) is 12.4 Å². The van der Waals surface area contributed by atoms with E-state index < -0.39 is 0 Å². The molecule has 0 spiro atoms. The molecular weight excluding hydrogens is 293 g/mol. The average Bonchev–Trinajstić information content (AvgIpc) is 2.39. The molecule has 0 bridgehead atoms. The van der Waals surface area contributed by atoms with Crippen molar-refractivity contribution < 1.29 is 4.74 Å². The number of benzene rings is 1. The highest BCUT2D eigenvalue weighted by Gasteiger charge is 2.06. The molecule has 0 amide bonds. The van der Waals surface area contributed by atoms with E-state index in [1.165, 1.54) is 0 Å². The van der Waals surface area contributed by atoms with Gasteiger partial charge in [-0.05, 0) is 24.3 Å². The van der Waals surface area contributed by atoms with E-state index in [2.05, 4.69) is 4.98 Å². The summed E-state index contributed by atoms with van der Waals surface area (Å²) >= 11 is 17.7. The SMILES string of the molecule is ClCc1cc(Cl)ccc1OCc1ccncc1Cl. The molecule has 0 N–H and O–H groups in total. The van der Waals surface area contributed by atoms with Crippen molar-refractivity contribution in [2.24, 2.45) is 0 Å². The molecule has 0 aliphatic heterocycles. The van der Waals surface area contributed by atoms with Crippen LogP contribution < -0.4 is 4.74 Å². The predicted octanol–water partition coefficient (Wildman–Crippen LogP) is 4.71. The summed E-state index contributed by atoms with van der Waals surface area (Å²) in [5.74, 6) is 1.06. The Hall–Kier alpha value is -0.960. The topological polar surface area (TPSA) is 22.1 Å². The number of aromatic nitrogens is 1. The van der Waals surface area contributed by atoms with Gasteiger partial charge < -0.3 is 4.74 Å². The lowest BCUT2D eigenvalue weighted by molar-refractivity contribution is 0.304. The maximum atomic E-state index is 6.00. The number of halogens is 3. The Labute approximate surface area is 120 Å². The van der Waals surface area contributed by atoms with E-state index in [1.54, 1.807) is 30.6 Å². The number of hydrogen-bond acceptors (Lipinski definition) is 2. The minimum atomic E-state index is 0.347. The summed E-state index contributed by atoms with van der Waals surface area (Å²) in [5, 5.41) is 1.22. The molecule has 0 aliphatic rings. The van der Waals surface area contributed by atoms with Crippen LogP contribution in [0.3, 0.4) is 0 Å². The third-order valence-corrected chi connectivity index (χ3v) is 3.27. The molecule has 0 fully saturated rings. The van der Waals surface area contributed by atoms with Gasteiger partial charge in [0, 0.05) is 28.5 Å². The van der Waals surface area contributed by atoms with Crippen molar-refractivity contribution in [3.05, 3.63) is 57.8 Å². The van der Waals surface area contributed by atoms with Crippen molar-refractivity contribution >= 4 is 34.8 Å². The lowest BCUT2D eigenvalue weighted by Crippen LogP contribution is -1.99. The zero-order valence-corrected chi connectivity index (χ0v) is 11.6. The van der Waals surface area contributed by atoms with Crippen LogP contribution in [-0.4, -0.2) is 4.98 Å². The van der Waals surface area contributed by atoms with Gasteiger partial charge in [-0.1, -0.05) is 23.2 Å².